The number of fused-ring (bicyclic) bond motifs is 1. The van der Waals surface area contributed by atoms with Gasteiger partial charge < -0.3 is 4.57 Å². The van der Waals surface area contributed by atoms with Gasteiger partial charge in [0.1, 0.15) is 0 Å². The molecule has 0 saturated carbocycles. The van der Waals surface area contributed by atoms with Gasteiger partial charge in [-0.2, -0.15) is 0 Å². The highest BCUT2D eigenvalue weighted by Crippen LogP contribution is 2.34. The van der Waals surface area contributed by atoms with E-state index in [9.17, 15) is 0 Å². The summed E-state index contributed by atoms with van der Waals surface area (Å²) in [6.07, 6.45) is 5.94. The number of hydrogen-bond donors (Lipinski definition) is 0. The quantitative estimate of drug-likeness (QED) is 0.642. The third-order valence-corrected chi connectivity index (χ3v) is 4.36. The number of aromatic nitrogens is 3. The Labute approximate surface area is 136 Å². The topological polar surface area (TPSA) is 30.7 Å². The Balaban J connectivity index is 2.35. The van der Waals surface area contributed by atoms with Gasteiger partial charge in [-0.05, 0) is 42.5 Å². The van der Waals surface area contributed by atoms with E-state index in [0.29, 0.717) is 5.28 Å². The minimum Gasteiger partial charge on any atom is -0.347 e. The third kappa shape index (κ3) is 2.40. The molecule has 0 N–H and O–H groups in total. The minimum absolute atomic E-state index is 0.302. The molecule has 0 bridgehead atoms. The van der Waals surface area contributed by atoms with E-state index >= 15 is 0 Å². The molecular formula is C18H20ClN3. The highest BCUT2D eigenvalue weighted by molar-refractivity contribution is 6.28. The molecule has 2 aromatic heterocycles. The fraction of sp³-hybridized carbons (Fsp3) is 0.333. The van der Waals surface area contributed by atoms with Crippen LogP contribution in [-0.4, -0.2) is 14.5 Å². The Morgan fingerprint density at radius 3 is 2.55 bits per heavy atom. The van der Waals surface area contributed by atoms with Crippen LogP contribution in [0, 0.1) is 0 Å². The lowest BCUT2D eigenvalue weighted by molar-refractivity contribution is 0.793. The lowest BCUT2D eigenvalue weighted by Crippen LogP contribution is -1.95. The van der Waals surface area contributed by atoms with E-state index < -0.39 is 0 Å². The first-order valence-corrected chi connectivity index (χ1v) is 8.19. The summed E-state index contributed by atoms with van der Waals surface area (Å²) in [5, 5.41) is 1.54. The largest absolute Gasteiger partial charge is 0.347 e. The van der Waals surface area contributed by atoms with Gasteiger partial charge in [-0.25, -0.2) is 9.97 Å². The van der Waals surface area contributed by atoms with Gasteiger partial charge in [0.25, 0.3) is 0 Å². The fourth-order valence-corrected chi connectivity index (χ4v) is 3.17. The monoisotopic (exact) mass is 313 g/mol. The van der Waals surface area contributed by atoms with Crippen LogP contribution < -0.4 is 0 Å². The average Bonchev–Trinajstić information content (AvgIpc) is 2.93. The zero-order valence-corrected chi connectivity index (χ0v) is 14.0. The van der Waals surface area contributed by atoms with Crippen LogP contribution in [0.5, 0.6) is 0 Å². The van der Waals surface area contributed by atoms with Crippen LogP contribution in [0.15, 0.2) is 30.6 Å². The molecule has 0 unspecified atom stereocenters. The summed E-state index contributed by atoms with van der Waals surface area (Å²) in [7, 11) is 0. The van der Waals surface area contributed by atoms with Crippen molar-refractivity contribution >= 4 is 22.5 Å². The van der Waals surface area contributed by atoms with Gasteiger partial charge in [-0.15, -0.1) is 0 Å². The molecule has 3 nitrogen and oxygen atoms in total. The Kier molecular flexibility index (Phi) is 4.16. The zero-order valence-electron chi connectivity index (χ0n) is 13.2. The number of hydrogen-bond acceptors (Lipinski definition) is 2. The van der Waals surface area contributed by atoms with Crippen molar-refractivity contribution in [3.05, 3.63) is 47.0 Å². The van der Waals surface area contributed by atoms with Gasteiger partial charge in [-0.1, -0.05) is 32.0 Å². The number of halogens is 1. The molecule has 0 aliphatic rings. The van der Waals surface area contributed by atoms with Gasteiger partial charge in [0.05, 0.1) is 11.2 Å². The summed E-state index contributed by atoms with van der Waals surface area (Å²) >= 11 is 6.05. The molecule has 4 heteroatoms. The molecule has 0 aliphatic carbocycles. The number of benzene rings is 1. The van der Waals surface area contributed by atoms with E-state index in [2.05, 4.69) is 59.7 Å². The van der Waals surface area contributed by atoms with Crippen molar-refractivity contribution in [2.75, 3.05) is 0 Å². The van der Waals surface area contributed by atoms with Crippen LogP contribution in [0.25, 0.3) is 22.2 Å². The van der Waals surface area contributed by atoms with Gasteiger partial charge in [0.15, 0.2) is 0 Å². The van der Waals surface area contributed by atoms with E-state index in [1.54, 1.807) is 0 Å². The van der Waals surface area contributed by atoms with E-state index in [0.717, 1.165) is 36.2 Å². The van der Waals surface area contributed by atoms with Crippen molar-refractivity contribution in [3.8, 4) is 11.3 Å². The minimum atomic E-state index is 0.302. The third-order valence-electron chi connectivity index (χ3n) is 4.17. The Bertz CT molecular complexity index is 821. The first-order valence-electron chi connectivity index (χ1n) is 7.82. The lowest BCUT2D eigenvalue weighted by Gasteiger charge is -2.06. The maximum absolute atomic E-state index is 6.05. The summed E-state index contributed by atoms with van der Waals surface area (Å²) in [4.78, 5) is 8.63. The molecule has 0 aliphatic heterocycles. The van der Waals surface area contributed by atoms with Gasteiger partial charge >= 0.3 is 0 Å². The summed E-state index contributed by atoms with van der Waals surface area (Å²) in [5.74, 6) is 0. The maximum Gasteiger partial charge on any atom is 0.222 e. The van der Waals surface area contributed by atoms with Crippen LogP contribution in [0.1, 0.15) is 31.9 Å². The zero-order chi connectivity index (χ0) is 15.7. The van der Waals surface area contributed by atoms with Crippen molar-refractivity contribution in [3.63, 3.8) is 0 Å². The Hall–Kier alpha value is -1.87. The molecule has 114 valence electrons. The van der Waals surface area contributed by atoms with Crippen molar-refractivity contribution in [1.82, 2.24) is 14.5 Å². The molecule has 0 spiro atoms. The molecule has 2 heterocycles. The van der Waals surface area contributed by atoms with Crippen LogP contribution in [0.3, 0.4) is 0 Å². The Morgan fingerprint density at radius 1 is 1.09 bits per heavy atom. The predicted molar refractivity (Wildman–Crippen MR) is 92.4 cm³/mol. The van der Waals surface area contributed by atoms with E-state index in [4.69, 9.17) is 11.6 Å². The Morgan fingerprint density at radius 2 is 1.86 bits per heavy atom. The van der Waals surface area contributed by atoms with E-state index in [1.807, 2.05) is 6.20 Å². The number of nitrogens with zero attached hydrogens (tertiary/aromatic N) is 3. The summed E-state index contributed by atoms with van der Waals surface area (Å²) in [5.41, 5.74) is 5.89. The van der Waals surface area contributed by atoms with Crippen LogP contribution in [0.2, 0.25) is 5.28 Å². The lowest BCUT2D eigenvalue weighted by atomic mass is 10.0. The standard InChI is InChI=1S/C18H20ClN3/c1-4-12-8-7-9-14-15(11-22(6-3)17(12)14)16-13(5-2)10-20-18(19)21-16/h7-11H,4-6H2,1-3H3. The molecule has 22 heavy (non-hydrogen) atoms. The highest BCUT2D eigenvalue weighted by Gasteiger charge is 2.16. The highest BCUT2D eigenvalue weighted by atomic mass is 35.5. The first kappa shape index (κ1) is 15.0. The molecular weight excluding hydrogens is 294 g/mol. The molecule has 3 aromatic rings. The molecule has 0 radical (unpaired) electrons. The van der Waals surface area contributed by atoms with Crippen molar-refractivity contribution in [1.29, 1.82) is 0 Å². The second-order valence-electron chi connectivity index (χ2n) is 5.36. The molecule has 1 aromatic carbocycles. The number of para-hydroxylation sites is 1. The number of rotatable bonds is 4. The molecule has 0 fully saturated rings. The number of aryl methyl sites for hydroxylation is 3. The SMILES string of the molecule is CCc1cnc(Cl)nc1-c1cn(CC)c2c(CC)cccc12. The average molecular weight is 314 g/mol. The van der Waals surface area contributed by atoms with Crippen LogP contribution in [-0.2, 0) is 19.4 Å². The van der Waals surface area contributed by atoms with Crippen molar-refractivity contribution in [2.24, 2.45) is 0 Å². The van der Waals surface area contributed by atoms with Gasteiger partial charge in [0.2, 0.25) is 5.28 Å². The predicted octanol–water partition coefficient (Wildman–Crippen LogP) is 4.90. The molecule has 0 saturated heterocycles. The van der Waals surface area contributed by atoms with E-state index in [1.165, 1.54) is 16.5 Å². The summed E-state index contributed by atoms with van der Waals surface area (Å²) < 4.78 is 2.30. The second kappa shape index (κ2) is 6.09. The van der Waals surface area contributed by atoms with Crippen molar-refractivity contribution < 1.29 is 0 Å². The maximum atomic E-state index is 6.05. The first-order chi connectivity index (χ1) is 10.7. The fourth-order valence-electron chi connectivity index (χ4n) is 3.04. The van der Waals surface area contributed by atoms with E-state index in [-0.39, 0.29) is 0 Å². The molecule has 3 rings (SSSR count). The van der Waals surface area contributed by atoms with Gasteiger partial charge in [0, 0.05) is 29.9 Å². The van der Waals surface area contributed by atoms with Gasteiger partial charge in [-0.3, -0.25) is 0 Å². The van der Waals surface area contributed by atoms with Crippen LogP contribution in [0.4, 0.5) is 0 Å². The normalized spacial score (nSPS) is 11.3. The molecule has 0 amide bonds. The van der Waals surface area contributed by atoms with Crippen LogP contribution >= 0.6 is 11.6 Å². The molecule has 0 atom stereocenters. The summed E-state index contributed by atoms with van der Waals surface area (Å²) in [6, 6.07) is 6.50. The smallest absolute Gasteiger partial charge is 0.222 e. The second-order valence-corrected chi connectivity index (χ2v) is 5.70. The summed E-state index contributed by atoms with van der Waals surface area (Å²) in [6.45, 7) is 7.42. The van der Waals surface area contributed by atoms with Crippen molar-refractivity contribution in [2.45, 2.75) is 40.2 Å².